The smallest absolute Gasteiger partial charge is 0.164 e. The quantitative estimate of drug-likeness (QED) is 0.0764. The molecule has 1 saturated carbocycles. The molecule has 0 bridgehead atoms. The van der Waals surface area contributed by atoms with E-state index in [9.17, 15) is 0 Å². The van der Waals surface area contributed by atoms with E-state index in [0.29, 0.717) is 17.5 Å². The van der Waals surface area contributed by atoms with Gasteiger partial charge in [-0.05, 0) is 253 Å². The van der Waals surface area contributed by atoms with Crippen LogP contribution in [0, 0.1) is 5.92 Å². The summed E-state index contributed by atoms with van der Waals surface area (Å²) >= 11 is 0. The average molecular weight is 1750 g/mol. The van der Waals surface area contributed by atoms with Crippen LogP contribution in [0.1, 0.15) is 23.1 Å². The van der Waals surface area contributed by atoms with Gasteiger partial charge in [0.25, 0.3) is 0 Å². The second kappa shape index (κ2) is 34.5. The van der Waals surface area contributed by atoms with Gasteiger partial charge in [-0.15, -0.1) is 0 Å². The van der Waals surface area contributed by atoms with Gasteiger partial charge in [0.15, 0.2) is 23.3 Å². The van der Waals surface area contributed by atoms with Crippen LogP contribution in [-0.2, 0) is 5.54 Å². The standard InChI is InChI=1S/C125H80N12/c1-7-21-79(22-8-1)99-60-100(80-23-9-2-10-24-80)66-107(65-99)122-134-121(86-29-15-5-16-30-86)135-123(136-122)108-68-104(114-51-46-95(75-129-114)89-40-39-85-33-19-56-127-118(85)72-89)67-105(69-108)115-52-47-96(76-130-115)90-41-42-94-59-109(78-131-119(94)73-90)117-54-45-93-58-92(44-53-116(93)132-117)113-50-48-97(77-128-113)101-61-98(84-37-35-83(36-38-84)88-43-49-112-91(57-88)34-20-55-126-112)63-106(64-101)120-111-74-125(111,137-124(133-120)87-31-17-6-18-32-87)110-70-102(81-25-11-3-12-26-81)62-103(71-110)82-27-13-4-14-28-82/h1-73,75-78,111H,74H2. The van der Waals surface area contributed by atoms with Crippen molar-refractivity contribution in [2.24, 2.45) is 15.9 Å². The predicted octanol–water partition coefficient (Wildman–Crippen LogP) is 30.1. The van der Waals surface area contributed by atoms with Gasteiger partial charge >= 0.3 is 0 Å². The summed E-state index contributed by atoms with van der Waals surface area (Å²) in [5.41, 5.74) is 36.0. The molecule has 0 saturated heterocycles. The Labute approximate surface area is 791 Å². The lowest BCUT2D eigenvalue weighted by atomic mass is 9.88. The Bertz CT molecular complexity index is 8570. The van der Waals surface area contributed by atoms with Crippen LogP contribution in [-0.4, -0.2) is 61.4 Å². The molecule has 12 nitrogen and oxygen atoms in total. The number of aliphatic imine (C=N–C) groups is 2. The first-order valence-corrected chi connectivity index (χ1v) is 46.1. The zero-order valence-corrected chi connectivity index (χ0v) is 74.1. The minimum atomic E-state index is -0.557. The van der Waals surface area contributed by atoms with Gasteiger partial charge < -0.3 is 0 Å². The van der Waals surface area contributed by atoms with Gasteiger partial charge in [0.2, 0.25) is 0 Å². The van der Waals surface area contributed by atoms with E-state index in [2.05, 4.69) is 386 Å². The van der Waals surface area contributed by atoms with E-state index in [4.69, 9.17) is 49.9 Å². The molecule has 0 radical (unpaired) electrons. The molecule has 8 aromatic heterocycles. The van der Waals surface area contributed by atoms with Crippen LogP contribution < -0.4 is 0 Å². The van der Waals surface area contributed by atoms with Crippen molar-refractivity contribution in [3.8, 4) is 179 Å². The summed E-state index contributed by atoms with van der Waals surface area (Å²) in [6.07, 6.45) is 12.3. The van der Waals surface area contributed by atoms with Crippen LogP contribution in [0.3, 0.4) is 0 Å². The molecule has 9 heterocycles. The lowest BCUT2D eigenvalue weighted by Gasteiger charge is -2.23. The molecule has 2 atom stereocenters. The van der Waals surface area contributed by atoms with Crippen molar-refractivity contribution in [2.45, 2.75) is 12.0 Å². The van der Waals surface area contributed by atoms with Crippen molar-refractivity contribution >= 4 is 55.2 Å². The summed E-state index contributed by atoms with van der Waals surface area (Å²) < 4.78 is 0. The second-order valence-corrected chi connectivity index (χ2v) is 35.2. The summed E-state index contributed by atoms with van der Waals surface area (Å²) in [6, 6.07) is 152. The van der Waals surface area contributed by atoms with Gasteiger partial charge in [0.1, 0.15) is 0 Å². The van der Waals surface area contributed by atoms with E-state index < -0.39 is 5.54 Å². The predicted molar refractivity (Wildman–Crippen MR) is 557 cm³/mol. The molecule has 25 rings (SSSR count). The monoisotopic (exact) mass is 1750 g/mol. The third-order valence-corrected chi connectivity index (χ3v) is 26.6. The largest absolute Gasteiger partial charge is 0.256 e. The van der Waals surface area contributed by atoms with Crippen LogP contribution in [0.15, 0.2) is 478 Å². The topological polar surface area (TPSA) is 154 Å². The van der Waals surface area contributed by atoms with Gasteiger partial charge in [-0.2, -0.15) is 0 Å². The Kier molecular flexibility index (Phi) is 20.3. The Morgan fingerprint density at radius 3 is 1.08 bits per heavy atom. The molecule has 1 aliphatic heterocycles. The maximum absolute atomic E-state index is 5.74. The first-order chi connectivity index (χ1) is 67.7. The summed E-state index contributed by atoms with van der Waals surface area (Å²) in [7, 11) is 0. The Morgan fingerprint density at radius 2 is 0.533 bits per heavy atom. The van der Waals surface area contributed by atoms with E-state index >= 15 is 0 Å². The zero-order chi connectivity index (χ0) is 90.7. The molecule has 0 amide bonds. The van der Waals surface area contributed by atoms with Crippen LogP contribution in [0.2, 0.25) is 0 Å². The van der Waals surface area contributed by atoms with Gasteiger partial charge in [-0.25, -0.2) is 24.9 Å². The number of hydrogen-bond acceptors (Lipinski definition) is 12. The first-order valence-electron chi connectivity index (χ1n) is 46.1. The highest BCUT2D eigenvalue weighted by molar-refractivity contribution is 6.18. The fourth-order valence-corrected chi connectivity index (χ4v) is 19.3. The molecule has 1 fully saturated rings. The third kappa shape index (κ3) is 16.0. The van der Waals surface area contributed by atoms with Crippen molar-refractivity contribution in [1.29, 1.82) is 0 Å². The maximum Gasteiger partial charge on any atom is 0.164 e. The Hall–Kier alpha value is -18.3. The van der Waals surface area contributed by atoms with Gasteiger partial charge in [0.05, 0.1) is 56.1 Å². The average Bonchev–Trinajstić information content (AvgIpc) is 1.53. The van der Waals surface area contributed by atoms with E-state index in [1.54, 1.807) is 0 Å². The third-order valence-electron chi connectivity index (χ3n) is 26.6. The lowest BCUT2D eigenvalue weighted by Crippen LogP contribution is -2.23. The second-order valence-electron chi connectivity index (χ2n) is 35.2. The van der Waals surface area contributed by atoms with Crippen molar-refractivity contribution in [3.63, 3.8) is 0 Å². The summed E-state index contributed by atoms with van der Waals surface area (Å²) in [4.78, 5) is 62.6. The molecule has 15 aromatic carbocycles. The van der Waals surface area contributed by atoms with Crippen molar-refractivity contribution in [1.82, 2.24) is 49.8 Å². The van der Waals surface area contributed by atoms with E-state index in [1.807, 2.05) is 91.8 Å². The number of amidine groups is 1. The SMILES string of the molecule is c1ccc(C2=NC3(c4cc(-c5ccccc5)cc(-c5ccccc5)c4)CC3C(c3cc(-c4ccc(-c5ccc6ncccc6c5)cc4)cc(-c4ccc(-c5ccc6nc(-c7cnc8cc(-c9ccc(-c%10cc(-c%11ccc(-c%12ccc%13cccnc%13c%12)cn%11)cc(-c%11nc(-c%12ccccc%12)nc(-c%12cc(-c%13ccccc%13)cc(-c%13ccccc%13)c%12)n%11)c%10)nc9)ccc8c7)ccc6c5)nc4)c3)=N2)cc1. The summed E-state index contributed by atoms with van der Waals surface area (Å²) in [5, 5.41) is 4.18. The fraction of sp³-hybridized carbons (Fsp3) is 0.0240. The number of nitrogens with zero attached hydrogens (tertiary/aromatic N) is 12. The fourth-order valence-electron chi connectivity index (χ4n) is 19.3. The normalized spacial score (nSPS) is 13.9. The molecule has 1 aliphatic carbocycles. The van der Waals surface area contributed by atoms with Crippen LogP contribution in [0.4, 0.5) is 0 Å². The van der Waals surface area contributed by atoms with E-state index in [-0.39, 0.29) is 5.92 Å². The molecular weight excluding hydrogens is 1670 g/mol. The molecule has 0 N–H and O–H groups in total. The molecule has 2 aliphatic rings. The van der Waals surface area contributed by atoms with E-state index in [1.165, 1.54) is 5.56 Å². The number of hydrogen-bond donors (Lipinski definition) is 0. The first kappa shape index (κ1) is 80.8. The molecule has 23 aromatic rings. The van der Waals surface area contributed by atoms with Crippen molar-refractivity contribution < 1.29 is 0 Å². The summed E-state index contributed by atoms with van der Waals surface area (Å²) in [5.74, 6) is 2.34. The lowest BCUT2D eigenvalue weighted by molar-refractivity contribution is 0.702. The number of benzene rings is 15. The number of fused-ring (bicyclic) bond motifs is 5. The van der Waals surface area contributed by atoms with Crippen molar-refractivity contribution in [2.75, 3.05) is 0 Å². The maximum atomic E-state index is 5.74. The molecule has 0 spiro atoms. The Morgan fingerprint density at radius 1 is 0.190 bits per heavy atom. The number of rotatable bonds is 19. The molecule has 12 heteroatoms. The van der Waals surface area contributed by atoms with Gasteiger partial charge in [-0.1, -0.05) is 279 Å². The molecule has 640 valence electrons. The highest BCUT2D eigenvalue weighted by Crippen LogP contribution is 2.60. The number of aromatic nitrogens is 10. The van der Waals surface area contributed by atoms with Crippen LogP contribution in [0.5, 0.6) is 0 Å². The highest BCUT2D eigenvalue weighted by atomic mass is 15.1. The molecule has 137 heavy (non-hydrogen) atoms. The summed E-state index contributed by atoms with van der Waals surface area (Å²) in [6.45, 7) is 0. The molecular formula is C125H80N12. The highest BCUT2D eigenvalue weighted by Gasteiger charge is 2.61. The van der Waals surface area contributed by atoms with Crippen LogP contribution >= 0.6 is 0 Å². The van der Waals surface area contributed by atoms with Crippen LogP contribution in [0.25, 0.3) is 223 Å². The van der Waals surface area contributed by atoms with Crippen molar-refractivity contribution in [3.05, 3.63) is 485 Å². The zero-order valence-electron chi connectivity index (χ0n) is 74.1. The number of pyridine rings is 7. The minimum Gasteiger partial charge on any atom is -0.256 e. The van der Waals surface area contributed by atoms with Gasteiger partial charge in [0, 0.05) is 126 Å². The Balaban J connectivity index is 0.511. The van der Waals surface area contributed by atoms with Gasteiger partial charge in [-0.3, -0.25) is 34.9 Å². The minimum absolute atomic E-state index is 0.00817. The van der Waals surface area contributed by atoms with E-state index in [0.717, 1.165) is 235 Å². The molecule has 2 unspecified atom stereocenters.